The molecule has 0 spiro atoms. The summed E-state index contributed by atoms with van der Waals surface area (Å²) in [5.41, 5.74) is 24.9. The van der Waals surface area contributed by atoms with Gasteiger partial charge in [0.25, 0.3) is 17.7 Å². The van der Waals surface area contributed by atoms with Gasteiger partial charge in [-0.2, -0.15) is 0 Å². The molecule has 0 unspecified atom stereocenters. The molecule has 520 valence electrons. The number of carbonyl (C=O) groups excluding carboxylic acids is 3. The fourth-order valence-corrected chi connectivity index (χ4v) is 13.7. The molecule has 0 radical (unpaired) electrons. The van der Waals surface area contributed by atoms with Crippen LogP contribution in [0.5, 0.6) is 23.0 Å². The Morgan fingerprint density at radius 1 is 0.485 bits per heavy atom. The van der Waals surface area contributed by atoms with Gasteiger partial charge in [0, 0.05) is 54.6 Å². The van der Waals surface area contributed by atoms with E-state index in [1.165, 1.54) is 96.3 Å². The summed E-state index contributed by atoms with van der Waals surface area (Å²) in [6, 6.07) is 31.3. The molecule has 1 saturated heterocycles. The van der Waals surface area contributed by atoms with Gasteiger partial charge >= 0.3 is 0 Å². The molecule has 0 bridgehead atoms. The first-order chi connectivity index (χ1) is 48.8. The van der Waals surface area contributed by atoms with Crippen molar-refractivity contribution in [1.82, 2.24) is 40.5 Å². The van der Waals surface area contributed by atoms with Gasteiger partial charge in [-0.05, 0) is 121 Å². The van der Waals surface area contributed by atoms with E-state index < -0.39 is 17.5 Å². The molecule has 1 fully saturated rings. The number of fused-ring (bicyclic) bond motifs is 3. The average Bonchev–Trinajstić information content (AvgIpc) is 1.49. The first kappa shape index (κ1) is 71.6. The zero-order chi connectivity index (χ0) is 71.4. The van der Waals surface area contributed by atoms with Gasteiger partial charge in [0.2, 0.25) is 0 Å². The third-order valence-corrected chi connectivity index (χ3v) is 19.5. The number of halogens is 6. The van der Waals surface area contributed by atoms with Gasteiger partial charge in [0.15, 0.2) is 23.0 Å². The van der Waals surface area contributed by atoms with E-state index >= 15 is 0 Å². The fraction of sp³-hybridized carbons (Fsp3) is 0.162. The molecule has 0 aliphatic carbocycles. The van der Waals surface area contributed by atoms with E-state index in [0.717, 1.165) is 41.2 Å². The van der Waals surface area contributed by atoms with Gasteiger partial charge in [0.1, 0.15) is 83.0 Å². The molecule has 0 saturated carbocycles. The van der Waals surface area contributed by atoms with Crippen molar-refractivity contribution < 1.29 is 51.2 Å². The maximum Gasteiger partial charge on any atom is 0.267 e. The highest BCUT2D eigenvalue weighted by atomic mass is 35.5. The summed E-state index contributed by atoms with van der Waals surface area (Å²) in [5, 5.41) is 19.3. The summed E-state index contributed by atoms with van der Waals surface area (Å²) in [5.74, 6) is 1.04. The lowest BCUT2D eigenvalue weighted by Crippen LogP contribution is -2.36. The van der Waals surface area contributed by atoms with E-state index in [2.05, 4.69) is 66.7 Å². The molecule has 12 aromatic rings. The number of ether oxygens (including phenoxy) is 5. The van der Waals surface area contributed by atoms with Crippen LogP contribution in [0.3, 0.4) is 0 Å². The number of nitrogens with one attached hydrogen (secondary N) is 6. The predicted molar refractivity (Wildman–Crippen MR) is 393 cm³/mol. The monoisotopic (exact) mass is 1490 g/mol. The lowest BCUT2D eigenvalue weighted by molar-refractivity contribution is 0.0949. The van der Waals surface area contributed by atoms with E-state index in [1.807, 2.05) is 48.5 Å². The Morgan fingerprint density at radius 3 is 1.29 bits per heavy atom. The largest absolute Gasteiger partial charge is 0.493 e. The van der Waals surface area contributed by atoms with Crippen LogP contribution in [0.1, 0.15) is 40.1 Å². The van der Waals surface area contributed by atoms with Crippen LogP contribution in [0, 0.1) is 17.5 Å². The molecule has 24 nitrogen and oxygen atoms in total. The number of methoxy groups -OCH3 is 4. The number of carbonyl (C=O) groups is 3. The number of anilines is 11. The molecule has 13 rings (SSSR count). The van der Waals surface area contributed by atoms with Gasteiger partial charge < -0.3 is 77.7 Å². The van der Waals surface area contributed by atoms with Crippen molar-refractivity contribution in [3.8, 4) is 23.0 Å². The number of thiophene rings is 3. The van der Waals surface area contributed by atoms with Crippen LogP contribution in [0.4, 0.5) is 76.1 Å². The second-order valence-corrected chi connectivity index (χ2v) is 25.9. The minimum absolute atomic E-state index is 0.0201. The van der Waals surface area contributed by atoms with E-state index in [1.54, 1.807) is 40.6 Å². The second-order valence-electron chi connectivity index (χ2n) is 21.7. The Balaban J connectivity index is 0.000000153. The molecule has 12 N–H and O–H groups in total. The number of benzene rings is 6. The van der Waals surface area contributed by atoms with Gasteiger partial charge in [-0.15, -0.1) is 34.0 Å². The minimum atomic E-state index is -0.529. The summed E-state index contributed by atoms with van der Waals surface area (Å²) >= 11 is 21.1. The highest BCUT2D eigenvalue weighted by Gasteiger charge is 2.25. The summed E-state index contributed by atoms with van der Waals surface area (Å²) in [6.07, 6.45) is 4.69. The third kappa shape index (κ3) is 16.8. The van der Waals surface area contributed by atoms with Crippen LogP contribution in [0.2, 0.25) is 15.1 Å². The molecule has 7 heterocycles. The Labute approximate surface area is 601 Å². The van der Waals surface area contributed by atoms with Crippen LogP contribution in [0.25, 0.3) is 30.6 Å². The SMILES string of the molecule is COc1ccc(CCNC(=O)c2sc3ncnc(Nc4ccc(F)c(Cl)c4)c3c2N)cc1OC.COc1ccc(CNC(=O)c2sc3ncnc(Nc4ccc(F)c(Cl)c4)c3c2N)cc1OC.Nc1c(C(=O)Nc2ccc(N3CCOCC3)cc2)sc2ncnc(Nc3ccc(F)c(Cl)c3)c12. The normalized spacial score (nSPS) is 11.8. The van der Waals surface area contributed by atoms with Gasteiger partial charge in [0.05, 0.1) is 89.9 Å². The van der Waals surface area contributed by atoms with Crippen molar-refractivity contribution in [2.24, 2.45) is 0 Å². The average molecular weight is 1490 g/mol. The number of aromatic nitrogens is 6. The van der Waals surface area contributed by atoms with Crippen LogP contribution < -0.4 is 72.9 Å². The highest BCUT2D eigenvalue weighted by Crippen LogP contribution is 2.41. The van der Waals surface area contributed by atoms with E-state index in [9.17, 15) is 27.6 Å². The molecule has 0 atom stereocenters. The van der Waals surface area contributed by atoms with Gasteiger partial charge in [-0.25, -0.2) is 43.1 Å². The van der Waals surface area contributed by atoms with Crippen LogP contribution in [-0.4, -0.2) is 109 Å². The van der Waals surface area contributed by atoms with Crippen molar-refractivity contribution in [3.05, 3.63) is 193 Å². The smallest absolute Gasteiger partial charge is 0.267 e. The van der Waals surface area contributed by atoms with Crippen molar-refractivity contribution in [3.63, 3.8) is 0 Å². The molecule has 1 aliphatic heterocycles. The van der Waals surface area contributed by atoms with Crippen molar-refractivity contribution in [2.75, 3.05) is 105 Å². The number of hydrogen-bond acceptors (Lipinski definition) is 24. The van der Waals surface area contributed by atoms with Crippen LogP contribution in [0.15, 0.2) is 134 Å². The third-order valence-electron chi connectivity index (χ3n) is 15.3. The van der Waals surface area contributed by atoms with E-state index in [0.29, 0.717) is 135 Å². The number of amides is 3. The Kier molecular flexibility index (Phi) is 23.0. The first-order valence-corrected chi connectivity index (χ1v) is 33.9. The zero-order valence-corrected chi connectivity index (χ0v) is 58.5. The number of nitrogens with two attached hydrogens (primary N) is 3. The maximum absolute atomic E-state index is 13.5. The topological polar surface area (TPSA) is 328 Å². The Bertz CT molecular complexity index is 5050. The number of hydrogen-bond donors (Lipinski definition) is 9. The second kappa shape index (κ2) is 32.5. The molecule has 33 heteroatoms. The molecular weight excluding hydrogens is 1430 g/mol. The molecule has 1 aliphatic rings. The van der Waals surface area contributed by atoms with Crippen LogP contribution >= 0.6 is 68.8 Å². The van der Waals surface area contributed by atoms with Crippen molar-refractivity contribution in [1.29, 1.82) is 0 Å². The lowest BCUT2D eigenvalue weighted by atomic mass is 10.1. The van der Waals surface area contributed by atoms with E-state index in [4.69, 9.17) is 75.7 Å². The summed E-state index contributed by atoms with van der Waals surface area (Å²) in [6.45, 7) is 3.75. The van der Waals surface area contributed by atoms with Crippen LogP contribution in [-0.2, 0) is 17.7 Å². The number of nitrogens with zero attached hydrogens (tertiary/aromatic N) is 7. The van der Waals surface area contributed by atoms with Crippen molar-refractivity contribution >= 4 is 180 Å². The molecular formula is C68H60Cl3F3N16O8S3. The summed E-state index contributed by atoms with van der Waals surface area (Å²) in [7, 11) is 6.25. The number of morpholine rings is 1. The quantitative estimate of drug-likeness (QED) is 0.0342. The Morgan fingerprint density at radius 2 is 0.871 bits per heavy atom. The standard InChI is InChI=1S/C23H20ClFN6O2S.C23H21ClFN5O3S.C22H19ClFN5O3S/c24-16-11-14(3-6-17(16)25)29-21-18-19(26)20(34-23(18)28-12-27-21)22(32)30-13-1-4-15(5-2-13)31-7-9-33-10-8-31;1-32-16-6-3-12(9-17(16)33-2)7-8-27-22(31)20-19(26)18-21(28-11-29-23(18)34-20)30-13-4-5-15(25)14(24)10-13;1-31-15-6-3-11(7-16(15)32-2)9-26-21(30)19-18(25)17-20(27-10-28-22(17)33-19)29-12-4-5-14(24)13(23)8-12/h1-6,11-12H,7-10,26H2,(H,30,32)(H,27,28,29);3-6,9-11H,7-8,26H2,1-2H3,(H,27,31)(H,28,29,30);3-8,10H,9,25H2,1-2H3,(H,26,30)(H,27,28,29). The van der Waals surface area contributed by atoms with Crippen molar-refractivity contribution in [2.45, 2.75) is 13.0 Å². The Hall–Kier alpha value is -10.7. The maximum atomic E-state index is 13.5. The van der Waals surface area contributed by atoms with Gasteiger partial charge in [-0.1, -0.05) is 46.9 Å². The lowest BCUT2D eigenvalue weighted by Gasteiger charge is -2.28. The minimum Gasteiger partial charge on any atom is -0.493 e. The zero-order valence-electron chi connectivity index (χ0n) is 53.8. The molecule has 6 aromatic heterocycles. The predicted octanol–water partition coefficient (Wildman–Crippen LogP) is 14.5. The van der Waals surface area contributed by atoms with Gasteiger partial charge in [-0.3, -0.25) is 14.4 Å². The molecule has 6 aromatic carbocycles. The molecule has 3 amide bonds. The molecule has 101 heavy (non-hydrogen) atoms. The summed E-state index contributed by atoms with van der Waals surface area (Å²) in [4.78, 5) is 69.0. The fourth-order valence-electron chi connectivity index (χ4n) is 10.2. The highest BCUT2D eigenvalue weighted by molar-refractivity contribution is 7.22. The van der Waals surface area contributed by atoms with E-state index in [-0.39, 0.29) is 56.4 Å². The summed E-state index contributed by atoms with van der Waals surface area (Å²) < 4.78 is 66.9. The first-order valence-electron chi connectivity index (χ1n) is 30.3. The number of nitrogen functional groups attached to an aromatic ring is 3. The number of rotatable bonds is 20.